The SMILES string of the molecule is CC1CCC(NC2CCC(C)C2C)C(C)C1. The molecule has 16 heavy (non-hydrogen) atoms. The smallest absolute Gasteiger partial charge is 0.00980 e. The van der Waals surface area contributed by atoms with Gasteiger partial charge in [-0.3, -0.25) is 0 Å². The zero-order valence-electron chi connectivity index (χ0n) is 11.5. The van der Waals surface area contributed by atoms with Gasteiger partial charge in [-0.2, -0.15) is 0 Å². The summed E-state index contributed by atoms with van der Waals surface area (Å²) in [5.74, 6) is 3.64. The summed E-state index contributed by atoms with van der Waals surface area (Å²) in [7, 11) is 0. The minimum absolute atomic E-state index is 0.800. The van der Waals surface area contributed by atoms with E-state index in [0.29, 0.717) is 0 Å². The Morgan fingerprint density at radius 3 is 2.00 bits per heavy atom. The van der Waals surface area contributed by atoms with Crippen molar-refractivity contribution in [1.82, 2.24) is 5.32 Å². The van der Waals surface area contributed by atoms with Crippen molar-refractivity contribution in [1.29, 1.82) is 0 Å². The van der Waals surface area contributed by atoms with Crippen molar-refractivity contribution in [2.45, 2.75) is 71.9 Å². The molecule has 0 aromatic heterocycles. The van der Waals surface area contributed by atoms with Gasteiger partial charge in [0.2, 0.25) is 0 Å². The number of hydrogen-bond donors (Lipinski definition) is 1. The van der Waals surface area contributed by atoms with Gasteiger partial charge in [-0.25, -0.2) is 0 Å². The molecule has 6 unspecified atom stereocenters. The molecule has 0 aliphatic heterocycles. The summed E-state index contributed by atoms with van der Waals surface area (Å²) in [6.07, 6.45) is 7.09. The maximum absolute atomic E-state index is 3.97. The van der Waals surface area contributed by atoms with Crippen LogP contribution >= 0.6 is 0 Å². The molecule has 1 heteroatoms. The van der Waals surface area contributed by atoms with Crippen LogP contribution in [0, 0.1) is 23.7 Å². The predicted octanol–water partition coefficient (Wildman–Crippen LogP) is 3.84. The van der Waals surface area contributed by atoms with Gasteiger partial charge in [0.15, 0.2) is 0 Å². The van der Waals surface area contributed by atoms with E-state index in [9.17, 15) is 0 Å². The average molecular weight is 223 g/mol. The molecule has 2 saturated carbocycles. The quantitative estimate of drug-likeness (QED) is 0.750. The van der Waals surface area contributed by atoms with Crippen molar-refractivity contribution in [3.8, 4) is 0 Å². The van der Waals surface area contributed by atoms with Gasteiger partial charge in [0.25, 0.3) is 0 Å². The first-order valence-electron chi connectivity index (χ1n) is 7.34. The highest BCUT2D eigenvalue weighted by Crippen LogP contribution is 2.34. The first-order valence-corrected chi connectivity index (χ1v) is 7.34. The Labute approximate surface area is 101 Å². The van der Waals surface area contributed by atoms with Crippen molar-refractivity contribution in [3.05, 3.63) is 0 Å². The summed E-state index contributed by atoms with van der Waals surface area (Å²) in [5.41, 5.74) is 0. The lowest BCUT2D eigenvalue weighted by atomic mass is 9.79. The largest absolute Gasteiger partial charge is 0.311 e. The molecule has 0 bridgehead atoms. The van der Waals surface area contributed by atoms with E-state index < -0.39 is 0 Å². The van der Waals surface area contributed by atoms with E-state index >= 15 is 0 Å². The maximum Gasteiger partial charge on any atom is 0.00980 e. The Balaban J connectivity index is 1.85. The fourth-order valence-corrected chi connectivity index (χ4v) is 3.79. The van der Waals surface area contributed by atoms with Gasteiger partial charge in [-0.05, 0) is 55.8 Å². The third kappa shape index (κ3) is 2.61. The van der Waals surface area contributed by atoms with Gasteiger partial charge >= 0.3 is 0 Å². The highest BCUT2D eigenvalue weighted by molar-refractivity contribution is 4.90. The van der Waals surface area contributed by atoms with Crippen LogP contribution in [0.2, 0.25) is 0 Å². The molecule has 2 rings (SSSR count). The number of nitrogens with one attached hydrogen (secondary N) is 1. The van der Waals surface area contributed by atoms with Crippen molar-refractivity contribution in [2.75, 3.05) is 0 Å². The van der Waals surface area contributed by atoms with Crippen LogP contribution in [0.15, 0.2) is 0 Å². The fraction of sp³-hybridized carbons (Fsp3) is 1.00. The predicted molar refractivity (Wildman–Crippen MR) is 70.5 cm³/mol. The molecule has 1 nitrogen and oxygen atoms in total. The normalized spacial score (nSPS) is 49.5. The standard InChI is InChI=1S/C15H29N/c1-10-5-7-14(12(3)9-10)16-15-8-6-11(2)13(15)4/h10-16H,5-9H2,1-4H3. The molecule has 0 spiro atoms. The summed E-state index contributed by atoms with van der Waals surface area (Å²) in [5, 5.41) is 3.97. The van der Waals surface area contributed by atoms with E-state index in [1.807, 2.05) is 0 Å². The van der Waals surface area contributed by atoms with E-state index in [-0.39, 0.29) is 0 Å². The van der Waals surface area contributed by atoms with E-state index in [1.54, 1.807) is 0 Å². The maximum atomic E-state index is 3.97. The first-order chi connectivity index (χ1) is 7.58. The molecule has 2 aliphatic rings. The minimum Gasteiger partial charge on any atom is -0.311 e. The summed E-state index contributed by atoms with van der Waals surface area (Å²) in [6, 6.07) is 1.60. The zero-order valence-corrected chi connectivity index (χ0v) is 11.5. The molecular formula is C15H29N. The molecule has 94 valence electrons. The van der Waals surface area contributed by atoms with Crippen LogP contribution in [-0.4, -0.2) is 12.1 Å². The van der Waals surface area contributed by atoms with Gasteiger partial charge in [-0.15, -0.1) is 0 Å². The minimum atomic E-state index is 0.800. The van der Waals surface area contributed by atoms with E-state index in [1.165, 1.54) is 32.1 Å². The van der Waals surface area contributed by atoms with Crippen LogP contribution in [0.1, 0.15) is 59.8 Å². The molecule has 2 aliphatic carbocycles. The molecule has 6 atom stereocenters. The summed E-state index contributed by atoms with van der Waals surface area (Å²) in [4.78, 5) is 0. The van der Waals surface area contributed by atoms with Gasteiger partial charge in [0.05, 0.1) is 0 Å². The van der Waals surface area contributed by atoms with Gasteiger partial charge in [0, 0.05) is 12.1 Å². The van der Waals surface area contributed by atoms with E-state index in [4.69, 9.17) is 0 Å². The van der Waals surface area contributed by atoms with Gasteiger partial charge in [0.1, 0.15) is 0 Å². The van der Waals surface area contributed by atoms with Crippen molar-refractivity contribution >= 4 is 0 Å². The lowest BCUT2D eigenvalue weighted by molar-refractivity contribution is 0.200. The Morgan fingerprint density at radius 1 is 0.750 bits per heavy atom. The summed E-state index contributed by atoms with van der Waals surface area (Å²) in [6.45, 7) is 9.70. The van der Waals surface area contributed by atoms with Crippen LogP contribution in [0.25, 0.3) is 0 Å². The second kappa shape index (κ2) is 5.08. The zero-order chi connectivity index (χ0) is 11.7. The highest BCUT2D eigenvalue weighted by atomic mass is 15.0. The fourth-order valence-electron chi connectivity index (χ4n) is 3.79. The average Bonchev–Trinajstić information content (AvgIpc) is 2.54. The molecule has 0 radical (unpaired) electrons. The van der Waals surface area contributed by atoms with E-state index in [2.05, 4.69) is 33.0 Å². The Bertz CT molecular complexity index is 225. The monoisotopic (exact) mass is 223 g/mol. The van der Waals surface area contributed by atoms with Crippen molar-refractivity contribution in [3.63, 3.8) is 0 Å². The molecule has 0 aromatic rings. The molecule has 0 aromatic carbocycles. The second-order valence-electron chi connectivity index (χ2n) is 6.69. The van der Waals surface area contributed by atoms with Crippen LogP contribution in [0.5, 0.6) is 0 Å². The number of rotatable bonds is 2. The first kappa shape index (κ1) is 12.4. The van der Waals surface area contributed by atoms with Gasteiger partial charge < -0.3 is 5.32 Å². The molecule has 0 saturated heterocycles. The highest BCUT2D eigenvalue weighted by Gasteiger charge is 2.33. The van der Waals surface area contributed by atoms with Crippen molar-refractivity contribution in [2.24, 2.45) is 23.7 Å². The summed E-state index contributed by atoms with van der Waals surface area (Å²) < 4.78 is 0. The van der Waals surface area contributed by atoms with Crippen LogP contribution < -0.4 is 5.32 Å². The van der Waals surface area contributed by atoms with Crippen LogP contribution in [0.3, 0.4) is 0 Å². The lowest BCUT2D eigenvalue weighted by Crippen LogP contribution is -2.46. The lowest BCUT2D eigenvalue weighted by Gasteiger charge is -2.36. The van der Waals surface area contributed by atoms with E-state index in [0.717, 1.165) is 35.8 Å². The number of hydrogen-bond acceptors (Lipinski definition) is 1. The van der Waals surface area contributed by atoms with Crippen LogP contribution in [-0.2, 0) is 0 Å². The van der Waals surface area contributed by atoms with Gasteiger partial charge in [-0.1, -0.05) is 27.7 Å². The second-order valence-corrected chi connectivity index (χ2v) is 6.69. The molecule has 0 heterocycles. The molecule has 1 N–H and O–H groups in total. The molecule has 2 fully saturated rings. The third-order valence-corrected chi connectivity index (χ3v) is 5.32. The van der Waals surface area contributed by atoms with Crippen molar-refractivity contribution < 1.29 is 0 Å². The Morgan fingerprint density at radius 2 is 1.44 bits per heavy atom. The Hall–Kier alpha value is -0.0400. The molecule has 0 amide bonds. The molecular weight excluding hydrogens is 194 g/mol. The van der Waals surface area contributed by atoms with Crippen LogP contribution in [0.4, 0.5) is 0 Å². The topological polar surface area (TPSA) is 12.0 Å². The Kier molecular flexibility index (Phi) is 3.94. The third-order valence-electron chi connectivity index (χ3n) is 5.32. The summed E-state index contributed by atoms with van der Waals surface area (Å²) >= 11 is 0.